The van der Waals surface area contributed by atoms with Crippen molar-refractivity contribution in [2.45, 2.75) is 31.8 Å². The molecule has 0 spiro atoms. The fourth-order valence-corrected chi connectivity index (χ4v) is 3.11. The Morgan fingerprint density at radius 1 is 1.50 bits per heavy atom. The molecule has 0 fully saturated rings. The maximum Gasteiger partial charge on any atom is 0.263 e. The molecule has 4 nitrogen and oxygen atoms in total. The van der Waals surface area contributed by atoms with E-state index in [0.29, 0.717) is 0 Å². The fraction of sp³-hybridized carbons (Fsp3) is 0.500. The third kappa shape index (κ3) is 2.38. The number of pyridine rings is 1. The van der Waals surface area contributed by atoms with Crippen molar-refractivity contribution in [1.29, 1.82) is 0 Å². The Morgan fingerprint density at radius 3 is 2.56 bits per heavy atom. The van der Waals surface area contributed by atoms with E-state index in [1.165, 1.54) is 16.6 Å². The van der Waals surface area contributed by atoms with Gasteiger partial charge in [-0.2, -0.15) is 4.31 Å². The van der Waals surface area contributed by atoms with E-state index in [-0.39, 0.29) is 12.6 Å². The van der Waals surface area contributed by atoms with Crippen LogP contribution in [0, 0.1) is 5.82 Å². The SMILES string of the molecule is CCN(C(C)C)S(=O)(=O)c1ncccc1F. The third-order valence-electron chi connectivity index (χ3n) is 2.17. The lowest BCUT2D eigenvalue weighted by Crippen LogP contribution is -2.37. The summed E-state index contributed by atoms with van der Waals surface area (Å²) >= 11 is 0. The van der Waals surface area contributed by atoms with Gasteiger partial charge >= 0.3 is 0 Å². The Kier molecular flexibility index (Phi) is 3.98. The van der Waals surface area contributed by atoms with E-state index < -0.39 is 20.9 Å². The van der Waals surface area contributed by atoms with Crippen LogP contribution >= 0.6 is 0 Å². The van der Waals surface area contributed by atoms with Gasteiger partial charge in [0.25, 0.3) is 10.0 Å². The second-order valence-electron chi connectivity index (χ2n) is 3.59. The minimum atomic E-state index is -3.83. The molecule has 0 N–H and O–H groups in total. The third-order valence-corrected chi connectivity index (χ3v) is 4.25. The summed E-state index contributed by atoms with van der Waals surface area (Å²) in [7, 11) is -3.83. The fourth-order valence-electron chi connectivity index (χ4n) is 1.48. The van der Waals surface area contributed by atoms with Crippen molar-refractivity contribution >= 4 is 10.0 Å². The maximum atomic E-state index is 13.4. The van der Waals surface area contributed by atoms with Gasteiger partial charge in [-0.25, -0.2) is 17.8 Å². The molecule has 16 heavy (non-hydrogen) atoms. The molecule has 0 saturated carbocycles. The highest BCUT2D eigenvalue weighted by Crippen LogP contribution is 2.18. The summed E-state index contributed by atoms with van der Waals surface area (Å²) in [6.45, 7) is 5.47. The smallest absolute Gasteiger partial charge is 0.241 e. The molecular formula is C10H15FN2O2S. The van der Waals surface area contributed by atoms with Crippen LogP contribution in [0.2, 0.25) is 0 Å². The average molecular weight is 246 g/mol. The molecule has 0 aromatic carbocycles. The zero-order chi connectivity index (χ0) is 12.3. The molecule has 6 heteroatoms. The van der Waals surface area contributed by atoms with Crippen molar-refractivity contribution in [3.05, 3.63) is 24.1 Å². The normalized spacial score (nSPS) is 12.4. The van der Waals surface area contributed by atoms with Gasteiger partial charge in [-0.15, -0.1) is 0 Å². The Bertz CT molecular complexity index is 460. The Morgan fingerprint density at radius 2 is 2.12 bits per heavy atom. The van der Waals surface area contributed by atoms with E-state index in [0.717, 1.165) is 6.07 Å². The number of hydrogen-bond donors (Lipinski definition) is 0. The molecule has 0 amide bonds. The highest BCUT2D eigenvalue weighted by molar-refractivity contribution is 7.89. The van der Waals surface area contributed by atoms with Crippen molar-refractivity contribution in [2.75, 3.05) is 6.54 Å². The molecule has 0 saturated heterocycles. The number of halogens is 1. The van der Waals surface area contributed by atoms with Crippen LogP contribution in [-0.4, -0.2) is 30.3 Å². The molecule has 0 aliphatic heterocycles. The van der Waals surface area contributed by atoms with Crippen molar-refractivity contribution in [2.24, 2.45) is 0 Å². The molecule has 0 aliphatic rings. The monoisotopic (exact) mass is 246 g/mol. The molecule has 1 aromatic rings. The molecule has 1 heterocycles. The summed E-state index contributed by atoms with van der Waals surface area (Å²) in [6, 6.07) is 2.23. The van der Waals surface area contributed by atoms with Crippen LogP contribution in [0.5, 0.6) is 0 Å². The first-order valence-corrected chi connectivity index (χ1v) is 6.47. The standard InChI is InChI=1S/C10H15FN2O2S/c1-4-13(8(2)3)16(14,15)10-9(11)6-5-7-12-10/h5-8H,4H2,1-3H3. The van der Waals surface area contributed by atoms with Crippen LogP contribution in [0.4, 0.5) is 4.39 Å². The van der Waals surface area contributed by atoms with Crippen LogP contribution < -0.4 is 0 Å². The predicted octanol–water partition coefficient (Wildman–Crippen LogP) is 1.64. The van der Waals surface area contributed by atoms with Crippen LogP contribution in [0.25, 0.3) is 0 Å². The number of rotatable bonds is 4. The van der Waals surface area contributed by atoms with E-state index >= 15 is 0 Å². The van der Waals surface area contributed by atoms with Gasteiger partial charge in [-0.1, -0.05) is 6.92 Å². The lowest BCUT2D eigenvalue weighted by atomic mass is 10.4. The quantitative estimate of drug-likeness (QED) is 0.811. The summed E-state index contributed by atoms with van der Waals surface area (Å²) < 4.78 is 38.7. The van der Waals surface area contributed by atoms with Crippen LogP contribution in [0.15, 0.2) is 23.4 Å². The van der Waals surface area contributed by atoms with Crippen molar-refractivity contribution in [3.8, 4) is 0 Å². The van der Waals surface area contributed by atoms with E-state index in [1.807, 2.05) is 0 Å². The zero-order valence-electron chi connectivity index (χ0n) is 9.51. The second-order valence-corrected chi connectivity index (χ2v) is 5.40. The minimum Gasteiger partial charge on any atom is -0.241 e. The number of sulfonamides is 1. The van der Waals surface area contributed by atoms with Crippen LogP contribution in [0.3, 0.4) is 0 Å². The van der Waals surface area contributed by atoms with Gasteiger partial charge in [0.05, 0.1) is 0 Å². The van der Waals surface area contributed by atoms with E-state index in [9.17, 15) is 12.8 Å². The lowest BCUT2D eigenvalue weighted by Gasteiger charge is -2.23. The van der Waals surface area contributed by atoms with Gasteiger partial charge in [0.1, 0.15) is 0 Å². The topological polar surface area (TPSA) is 50.3 Å². The van der Waals surface area contributed by atoms with Gasteiger partial charge in [0.2, 0.25) is 5.03 Å². The highest BCUT2D eigenvalue weighted by atomic mass is 32.2. The van der Waals surface area contributed by atoms with Gasteiger partial charge in [-0.05, 0) is 26.0 Å². The Hall–Kier alpha value is -1.01. The van der Waals surface area contributed by atoms with Crippen molar-refractivity contribution in [1.82, 2.24) is 9.29 Å². The Balaban J connectivity index is 3.26. The molecule has 0 atom stereocenters. The van der Waals surface area contributed by atoms with Gasteiger partial charge in [0, 0.05) is 18.8 Å². The number of nitrogens with zero attached hydrogens (tertiary/aromatic N) is 2. The van der Waals surface area contributed by atoms with Crippen molar-refractivity contribution in [3.63, 3.8) is 0 Å². The summed E-state index contributed by atoms with van der Waals surface area (Å²) in [5.74, 6) is -0.818. The summed E-state index contributed by atoms with van der Waals surface area (Å²) in [5, 5.41) is -0.509. The summed E-state index contributed by atoms with van der Waals surface area (Å²) in [5.41, 5.74) is 0. The average Bonchev–Trinajstić information content (AvgIpc) is 2.17. The van der Waals surface area contributed by atoms with E-state index in [1.54, 1.807) is 20.8 Å². The first kappa shape index (κ1) is 13.1. The van der Waals surface area contributed by atoms with Crippen molar-refractivity contribution < 1.29 is 12.8 Å². The summed E-state index contributed by atoms with van der Waals surface area (Å²) in [4.78, 5) is 3.60. The maximum absolute atomic E-state index is 13.4. The van der Waals surface area contributed by atoms with Crippen LogP contribution in [-0.2, 0) is 10.0 Å². The predicted molar refractivity (Wildman–Crippen MR) is 58.9 cm³/mol. The minimum absolute atomic E-state index is 0.226. The first-order chi connectivity index (χ1) is 7.41. The van der Waals surface area contributed by atoms with E-state index in [2.05, 4.69) is 4.98 Å². The molecular weight excluding hydrogens is 231 g/mol. The second kappa shape index (κ2) is 4.88. The molecule has 1 rings (SSSR count). The number of hydrogen-bond acceptors (Lipinski definition) is 3. The van der Waals surface area contributed by atoms with E-state index in [4.69, 9.17) is 0 Å². The zero-order valence-corrected chi connectivity index (χ0v) is 10.3. The molecule has 1 aromatic heterocycles. The number of aromatic nitrogens is 1. The Labute approximate surface area is 95.2 Å². The van der Waals surface area contributed by atoms with Gasteiger partial charge in [-0.3, -0.25) is 0 Å². The lowest BCUT2D eigenvalue weighted by molar-refractivity contribution is 0.364. The molecule has 0 aliphatic carbocycles. The molecule has 0 radical (unpaired) electrons. The molecule has 90 valence electrons. The van der Waals surface area contributed by atoms with Crippen LogP contribution in [0.1, 0.15) is 20.8 Å². The highest BCUT2D eigenvalue weighted by Gasteiger charge is 2.29. The first-order valence-electron chi connectivity index (χ1n) is 5.03. The molecule has 0 unspecified atom stereocenters. The largest absolute Gasteiger partial charge is 0.263 e. The summed E-state index contributed by atoms with van der Waals surface area (Å²) in [6.07, 6.45) is 1.27. The van der Waals surface area contributed by atoms with Gasteiger partial charge < -0.3 is 0 Å². The van der Waals surface area contributed by atoms with Gasteiger partial charge in [0.15, 0.2) is 5.82 Å². The molecule has 0 bridgehead atoms.